The van der Waals surface area contributed by atoms with Crippen molar-refractivity contribution in [3.63, 3.8) is 0 Å². The maximum absolute atomic E-state index is 6.09. The highest BCUT2D eigenvalue weighted by molar-refractivity contribution is 6.31. The van der Waals surface area contributed by atoms with E-state index in [1.54, 1.807) is 6.07 Å². The third-order valence-electron chi connectivity index (χ3n) is 2.78. The Morgan fingerprint density at radius 3 is 2.72 bits per heavy atom. The lowest BCUT2D eigenvalue weighted by molar-refractivity contribution is 0.306. The standard InChI is InChI=1S/C15H16ClNO/c1-2-11-4-3-5-14(8-11)18-10-12-6-7-13(17)9-15(12)16/h3-9H,2,10,17H2,1H3. The molecule has 0 atom stereocenters. The number of nitrogen functional groups attached to an aromatic ring is 1. The molecule has 0 aliphatic heterocycles. The molecule has 0 fully saturated rings. The van der Waals surface area contributed by atoms with Crippen molar-refractivity contribution >= 4 is 17.3 Å². The van der Waals surface area contributed by atoms with Crippen LogP contribution in [0.15, 0.2) is 42.5 Å². The summed E-state index contributed by atoms with van der Waals surface area (Å²) in [5, 5.41) is 0.640. The Hall–Kier alpha value is -1.67. The summed E-state index contributed by atoms with van der Waals surface area (Å²) in [4.78, 5) is 0. The van der Waals surface area contributed by atoms with Crippen LogP contribution < -0.4 is 10.5 Å². The zero-order valence-corrected chi connectivity index (χ0v) is 11.1. The van der Waals surface area contributed by atoms with E-state index in [1.807, 2.05) is 30.3 Å². The van der Waals surface area contributed by atoms with Crippen LogP contribution in [0.25, 0.3) is 0 Å². The van der Waals surface area contributed by atoms with Gasteiger partial charge >= 0.3 is 0 Å². The number of nitrogens with two attached hydrogens (primary N) is 1. The Kier molecular flexibility index (Phi) is 4.11. The predicted molar refractivity (Wildman–Crippen MR) is 76.0 cm³/mol. The van der Waals surface area contributed by atoms with Gasteiger partial charge in [-0.3, -0.25) is 0 Å². The van der Waals surface area contributed by atoms with Gasteiger partial charge in [-0.1, -0.05) is 36.7 Å². The Morgan fingerprint density at radius 2 is 2.00 bits per heavy atom. The Labute approximate surface area is 112 Å². The predicted octanol–water partition coefficient (Wildman–Crippen LogP) is 4.06. The highest BCUT2D eigenvalue weighted by Crippen LogP contribution is 2.21. The molecular formula is C15H16ClNO. The van der Waals surface area contributed by atoms with Gasteiger partial charge < -0.3 is 10.5 Å². The van der Waals surface area contributed by atoms with Gasteiger partial charge in [0, 0.05) is 16.3 Å². The van der Waals surface area contributed by atoms with Crippen LogP contribution in [0.2, 0.25) is 5.02 Å². The minimum absolute atomic E-state index is 0.451. The van der Waals surface area contributed by atoms with Gasteiger partial charge in [0.2, 0.25) is 0 Å². The average Bonchev–Trinajstić information content (AvgIpc) is 2.38. The molecule has 18 heavy (non-hydrogen) atoms. The van der Waals surface area contributed by atoms with Crippen molar-refractivity contribution in [3.8, 4) is 5.75 Å². The van der Waals surface area contributed by atoms with Crippen molar-refractivity contribution < 1.29 is 4.74 Å². The fourth-order valence-corrected chi connectivity index (χ4v) is 1.94. The first kappa shape index (κ1) is 12.8. The van der Waals surface area contributed by atoms with Crippen molar-refractivity contribution in [3.05, 3.63) is 58.6 Å². The molecule has 2 aromatic rings. The summed E-state index contributed by atoms with van der Waals surface area (Å²) in [7, 11) is 0. The van der Waals surface area contributed by atoms with Gasteiger partial charge in [0.05, 0.1) is 0 Å². The number of ether oxygens (including phenoxy) is 1. The van der Waals surface area contributed by atoms with Gasteiger partial charge in [0.1, 0.15) is 12.4 Å². The van der Waals surface area contributed by atoms with Crippen LogP contribution in [-0.2, 0) is 13.0 Å². The quantitative estimate of drug-likeness (QED) is 0.843. The largest absolute Gasteiger partial charge is 0.489 e. The van der Waals surface area contributed by atoms with Crippen LogP contribution in [0.5, 0.6) is 5.75 Å². The fraction of sp³-hybridized carbons (Fsp3) is 0.200. The molecule has 2 N–H and O–H groups in total. The molecule has 0 aromatic heterocycles. The second-order valence-corrected chi connectivity index (χ2v) is 4.55. The summed E-state index contributed by atoms with van der Waals surface area (Å²) in [6.07, 6.45) is 1.000. The van der Waals surface area contributed by atoms with E-state index in [4.69, 9.17) is 22.1 Å². The smallest absolute Gasteiger partial charge is 0.120 e. The second kappa shape index (κ2) is 5.78. The summed E-state index contributed by atoms with van der Waals surface area (Å²) >= 11 is 6.09. The molecular weight excluding hydrogens is 246 g/mol. The number of hydrogen-bond acceptors (Lipinski definition) is 2. The monoisotopic (exact) mass is 261 g/mol. The van der Waals surface area contributed by atoms with Crippen LogP contribution >= 0.6 is 11.6 Å². The van der Waals surface area contributed by atoms with Crippen LogP contribution in [0.3, 0.4) is 0 Å². The van der Waals surface area contributed by atoms with Crippen LogP contribution in [-0.4, -0.2) is 0 Å². The lowest BCUT2D eigenvalue weighted by Gasteiger charge is -2.09. The molecule has 0 aliphatic rings. The van der Waals surface area contributed by atoms with Crippen LogP contribution in [0.1, 0.15) is 18.1 Å². The molecule has 2 nitrogen and oxygen atoms in total. The number of benzene rings is 2. The van der Waals surface area contributed by atoms with E-state index in [0.29, 0.717) is 17.3 Å². The van der Waals surface area contributed by atoms with Crippen molar-refractivity contribution in [2.45, 2.75) is 20.0 Å². The van der Waals surface area contributed by atoms with Gasteiger partial charge in [-0.15, -0.1) is 0 Å². The van der Waals surface area contributed by atoms with E-state index in [9.17, 15) is 0 Å². The van der Waals surface area contributed by atoms with E-state index >= 15 is 0 Å². The first-order chi connectivity index (χ1) is 8.69. The minimum atomic E-state index is 0.451. The lowest BCUT2D eigenvalue weighted by Crippen LogP contribution is -1.97. The average molecular weight is 262 g/mol. The van der Waals surface area contributed by atoms with Gasteiger partial charge in [-0.05, 0) is 36.2 Å². The molecule has 0 amide bonds. The molecule has 0 radical (unpaired) electrons. The first-order valence-corrected chi connectivity index (χ1v) is 6.32. The third-order valence-corrected chi connectivity index (χ3v) is 3.13. The lowest BCUT2D eigenvalue weighted by atomic mass is 10.1. The molecule has 94 valence electrons. The van der Waals surface area contributed by atoms with Gasteiger partial charge in [-0.25, -0.2) is 0 Å². The molecule has 0 saturated heterocycles. The van der Waals surface area contributed by atoms with Crippen molar-refractivity contribution in [2.24, 2.45) is 0 Å². The maximum atomic E-state index is 6.09. The molecule has 0 unspecified atom stereocenters. The summed E-state index contributed by atoms with van der Waals surface area (Å²) in [5.41, 5.74) is 8.51. The van der Waals surface area contributed by atoms with Crippen molar-refractivity contribution in [1.29, 1.82) is 0 Å². The molecule has 0 saturated carbocycles. The summed E-state index contributed by atoms with van der Waals surface area (Å²) in [6, 6.07) is 13.5. The topological polar surface area (TPSA) is 35.2 Å². The Morgan fingerprint density at radius 1 is 1.17 bits per heavy atom. The third kappa shape index (κ3) is 3.17. The zero-order chi connectivity index (χ0) is 13.0. The molecule has 2 aromatic carbocycles. The van der Waals surface area contributed by atoms with Gasteiger partial charge in [0.15, 0.2) is 0 Å². The molecule has 0 bridgehead atoms. The SMILES string of the molecule is CCc1cccc(OCc2ccc(N)cc2Cl)c1. The second-order valence-electron chi connectivity index (χ2n) is 4.14. The van der Waals surface area contributed by atoms with E-state index in [-0.39, 0.29) is 0 Å². The van der Waals surface area contributed by atoms with E-state index in [2.05, 4.69) is 13.0 Å². The number of halogens is 1. The fourth-order valence-electron chi connectivity index (χ4n) is 1.70. The van der Waals surface area contributed by atoms with Crippen LogP contribution in [0, 0.1) is 0 Å². The summed E-state index contributed by atoms with van der Waals surface area (Å²) < 4.78 is 5.73. The number of rotatable bonds is 4. The van der Waals surface area contributed by atoms with E-state index in [0.717, 1.165) is 17.7 Å². The minimum Gasteiger partial charge on any atom is -0.489 e. The molecule has 2 rings (SSSR count). The Balaban J connectivity index is 2.06. The van der Waals surface area contributed by atoms with Gasteiger partial charge in [0.25, 0.3) is 0 Å². The number of anilines is 1. The highest BCUT2D eigenvalue weighted by atomic mass is 35.5. The van der Waals surface area contributed by atoms with E-state index < -0.39 is 0 Å². The van der Waals surface area contributed by atoms with Crippen molar-refractivity contribution in [1.82, 2.24) is 0 Å². The molecule has 0 aliphatic carbocycles. The first-order valence-electron chi connectivity index (χ1n) is 5.94. The summed E-state index contributed by atoms with van der Waals surface area (Å²) in [6.45, 7) is 2.57. The zero-order valence-electron chi connectivity index (χ0n) is 10.3. The van der Waals surface area contributed by atoms with Gasteiger partial charge in [-0.2, -0.15) is 0 Å². The molecule has 0 heterocycles. The Bertz CT molecular complexity index is 540. The van der Waals surface area contributed by atoms with Crippen molar-refractivity contribution in [2.75, 3.05) is 5.73 Å². The van der Waals surface area contributed by atoms with Crippen LogP contribution in [0.4, 0.5) is 5.69 Å². The number of hydrogen-bond donors (Lipinski definition) is 1. The molecule has 3 heteroatoms. The summed E-state index contributed by atoms with van der Waals surface area (Å²) in [5.74, 6) is 0.863. The molecule has 0 spiro atoms. The highest BCUT2D eigenvalue weighted by Gasteiger charge is 2.02. The normalized spacial score (nSPS) is 10.3. The maximum Gasteiger partial charge on any atom is 0.120 e. The van der Waals surface area contributed by atoms with E-state index in [1.165, 1.54) is 5.56 Å². The number of aryl methyl sites for hydroxylation is 1.